The van der Waals surface area contributed by atoms with Crippen molar-refractivity contribution in [3.8, 4) is 0 Å². The standard InChI is InChI=1S/C21H38N2O3/c1-5-6-15-25-18-11-13-23(14-12-18)16-17-9-7-8-10-19(17)22-20(24)26-21(2,3)4/h5-6,17-19H,7-16H2,1-4H3,(H,22,24)/b6-5+. The quantitative estimate of drug-likeness (QED) is 0.718. The molecule has 0 spiro atoms. The van der Waals surface area contributed by atoms with E-state index in [4.69, 9.17) is 9.47 Å². The Kier molecular flexibility index (Phi) is 8.42. The van der Waals surface area contributed by atoms with E-state index in [9.17, 15) is 4.79 Å². The van der Waals surface area contributed by atoms with Crippen LogP contribution in [-0.4, -0.2) is 55.0 Å². The number of nitrogens with zero attached hydrogens (tertiary/aromatic N) is 1. The first-order chi connectivity index (χ1) is 12.4. The fraction of sp³-hybridized carbons (Fsp3) is 0.857. The second kappa shape index (κ2) is 10.3. The van der Waals surface area contributed by atoms with Crippen LogP contribution < -0.4 is 5.32 Å². The maximum absolute atomic E-state index is 12.2. The molecule has 1 aliphatic carbocycles. The molecule has 1 saturated heterocycles. The molecule has 0 bridgehead atoms. The first-order valence-electron chi connectivity index (χ1n) is 10.3. The fourth-order valence-corrected chi connectivity index (χ4v) is 3.95. The molecule has 2 fully saturated rings. The summed E-state index contributed by atoms with van der Waals surface area (Å²) in [6.45, 7) is 11.7. The fourth-order valence-electron chi connectivity index (χ4n) is 3.95. The highest BCUT2D eigenvalue weighted by Gasteiger charge is 2.31. The third-order valence-electron chi connectivity index (χ3n) is 5.30. The Morgan fingerprint density at radius 1 is 1.15 bits per heavy atom. The van der Waals surface area contributed by atoms with Crippen LogP contribution in [0.4, 0.5) is 4.79 Å². The van der Waals surface area contributed by atoms with Crippen molar-refractivity contribution >= 4 is 6.09 Å². The largest absolute Gasteiger partial charge is 0.444 e. The van der Waals surface area contributed by atoms with Crippen molar-refractivity contribution in [1.82, 2.24) is 10.2 Å². The third kappa shape index (κ3) is 7.67. The number of likely N-dealkylation sites (tertiary alicyclic amines) is 1. The van der Waals surface area contributed by atoms with Crippen LogP contribution in [0.15, 0.2) is 12.2 Å². The minimum absolute atomic E-state index is 0.238. The number of amides is 1. The van der Waals surface area contributed by atoms with Crippen LogP contribution in [0.25, 0.3) is 0 Å². The van der Waals surface area contributed by atoms with Gasteiger partial charge in [-0.15, -0.1) is 0 Å². The number of rotatable bonds is 6. The highest BCUT2D eigenvalue weighted by molar-refractivity contribution is 5.68. The van der Waals surface area contributed by atoms with E-state index in [1.165, 1.54) is 19.3 Å². The van der Waals surface area contributed by atoms with E-state index in [2.05, 4.69) is 16.3 Å². The summed E-state index contributed by atoms with van der Waals surface area (Å²) in [5.74, 6) is 0.525. The second-order valence-corrected chi connectivity index (χ2v) is 8.70. The molecule has 26 heavy (non-hydrogen) atoms. The van der Waals surface area contributed by atoms with E-state index >= 15 is 0 Å². The Morgan fingerprint density at radius 2 is 1.85 bits per heavy atom. The summed E-state index contributed by atoms with van der Waals surface area (Å²) < 4.78 is 11.3. The van der Waals surface area contributed by atoms with Crippen molar-refractivity contribution < 1.29 is 14.3 Å². The van der Waals surface area contributed by atoms with Crippen LogP contribution in [0, 0.1) is 5.92 Å². The average Bonchev–Trinajstić information content (AvgIpc) is 2.57. The zero-order chi connectivity index (χ0) is 19.0. The number of hydrogen-bond donors (Lipinski definition) is 1. The molecule has 1 aliphatic heterocycles. The summed E-state index contributed by atoms with van der Waals surface area (Å²) in [5, 5.41) is 3.14. The summed E-state index contributed by atoms with van der Waals surface area (Å²) in [7, 11) is 0. The normalized spacial score (nSPS) is 26.2. The van der Waals surface area contributed by atoms with Crippen molar-refractivity contribution in [2.24, 2.45) is 5.92 Å². The van der Waals surface area contributed by atoms with Crippen LogP contribution in [0.3, 0.4) is 0 Å². The Labute approximate surface area is 159 Å². The van der Waals surface area contributed by atoms with E-state index in [1.807, 2.05) is 33.8 Å². The van der Waals surface area contributed by atoms with Gasteiger partial charge >= 0.3 is 6.09 Å². The molecule has 0 aromatic carbocycles. The van der Waals surface area contributed by atoms with Crippen LogP contribution in [0.2, 0.25) is 0 Å². The molecule has 1 saturated carbocycles. The van der Waals surface area contributed by atoms with Crippen LogP contribution in [-0.2, 0) is 9.47 Å². The Balaban J connectivity index is 1.77. The molecule has 2 aliphatic rings. The molecule has 5 heteroatoms. The molecule has 1 N–H and O–H groups in total. The van der Waals surface area contributed by atoms with Crippen molar-refractivity contribution in [1.29, 1.82) is 0 Å². The van der Waals surface area contributed by atoms with Gasteiger partial charge in [-0.05, 0) is 59.3 Å². The van der Waals surface area contributed by atoms with Gasteiger partial charge in [0.25, 0.3) is 0 Å². The number of carbonyl (C=O) groups excluding carboxylic acids is 1. The number of ether oxygens (including phenoxy) is 2. The van der Waals surface area contributed by atoms with Gasteiger partial charge in [0.2, 0.25) is 0 Å². The highest BCUT2D eigenvalue weighted by Crippen LogP contribution is 2.27. The Morgan fingerprint density at radius 3 is 2.50 bits per heavy atom. The number of allylic oxidation sites excluding steroid dienone is 1. The van der Waals surface area contributed by atoms with Crippen molar-refractivity contribution in [3.05, 3.63) is 12.2 Å². The van der Waals surface area contributed by atoms with E-state index < -0.39 is 5.60 Å². The average molecular weight is 367 g/mol. The first-order valence-corrected chi connectivity index (χ1v) is 10.3. The van der Waals surface area contributed by atoms with Crippen molar-refractivity contribution in [2.75, 3.05) is 26.2 Å². The minimum Gasteiger partial charge on any atom is -0.444 e. The summed E-state index contributed by atoms with van der Waals surface area (Å²) in [6.07, 6.45) is 11.2. The van der Waals surface area contributed by atoms with Gasteiger partial charge in [-0.1, -0.05) is 25.0 Å². The molecule has 2 rings (SSSR count). The zero-order valence-electron chi connectivity index (χ0n) is 17.1. The van der Waals surface area contributed by atoms with Gasteiger partial charge in [0.1, 0.15) is 5.60 Å². The molecular weight excluding hydrogens is 328 g/mol. The molecule has 1 amide bonds. The predicted octanol–water partition coefficient (Wildman–Crippen LogP) is 4.13. The monoisotopic (exact) mass is 366 g/mol. The van der Waals surface area contributed by atoms with Crippen LogP contribution in [0.5, 0.6) is 0 Å². The SMILES string of the molecule is C/C=C/COC1CCN(CC2CCCCC2NC(=O)OC(C)(C)C)CC1. The maximum Gasteiger partial charge on any atom is 0.407 e. The third-order valence-corrected chi connectivity index (χ3v) is 5.30. The smallest absolute Gasteiger partial charge is 0.407 e. The molecule has 0 aromatic rings. The van der Waals surface area contributed by atoms with Crippen molar-refractivity contribution in [2.45, 2.75) is 84.0 Å². The van der Waals surface area contributed by atoms with Crippen LogP contribution >= 0.6 is 0 Å². The van der Waals surface area contributed by atoms with Gasteiger partial charge < -0.3 is 19.7 Å². The topological polar surface area (TPSA) is 50.8 Å². The van der Waals surface area contributed by atoms with Gasteiger partial charge in [-0.2, -0.15) is 0 Å². The molecular formula is C21H38N2O3. The minimum atomic E-state index is -0.441. The molecule has 0 aromatic heterocycles. The molecule has 2 unspecified atom stereocenters. The Hall–Kier alpha value is -1.07. The predicted molar refractivity (Wildman–Crippen MR) is 105 cm³/mol. The van der Waals surface area contributed by atoms with Gasteiger partial charge in [0, 0.05) is 25.7 Å². The second-order valence-electron chi connectivity index (χ2n) is 8.70. The summed E-state index contributed by atoms with van der Waals surface area (Å²) in [6, 6.07) is 0.238. The number of piperidine rings is 1. The number of nitrogens with one attached hydrogen (secondary N) is 1. The lowest BCUT2D eigenvalue weighted by Gasteiger charge is -2.38. The molecule has 5 nitrogen and oxygen atoms in total. The van der Waals surface area contributed by atoms with Gasteiger partial charge in [0.15, 0.2) is 0 Å². The zero-order valence-corrected chi connectivity index (χ0v) is 17.1. The molecule has 150 valence electrons. The summed E-state index contributed by atoms with van der Waals surface area (Å²) in [5.41, 5.74) is -0.441. The van der Waals surface area contributed by atoms with E-state index in [0.717, 1.165) is 45.5 Å². The van der Waals surface area contributed by atoms with Gasteiger partial charge in [0.05, 0.1) is 12.7 Å². The molecule has 2 atom stereocenters. The van der Waals surface area contributed by atoms with Crippen molar-refractivity contribution in [3.63, 3.8) is 0 Å². The lowest BCUT2D eigenvalue weighted by atomic mass is 9.84. The lowest BCUT2D eigenvalue weighted by molar-refractivity contribution is 0.0142. The first kappa shape index (κ1) is 21.2. The maximum atomic E-state index is 12.2. The molecule has 1 heterocycles. The summed E-state index contributed by atoms with van der Waals surface area (Å²) >= 11 is 0. The lowest BCUT2D eigenvalue weighted by Crippen LogP contribution is -2.49. The number of alkyl carbamates (subject to hydrolysis) is 1. The Bertz CT molecular complexity index is 451. The van der Waals surface area contributed by atoms with Crippen LogP contribution in [0.1, 0.15) is 66.2 Å². The molecule has 0 radical (unpaired) electrons. The van der Waals surface area contributed by atoms with E-state index in [0.29, 0.717) is 12.0 Å². The van der Waals surface area contributed by atoms with Gasteiger partial charge in [-0.25, -0.2) is 4.79 Å². The number of hydrogen-bond acceptors (Lipinski definition) is 4. The van der Waals surface area contributed by atoms with E-state index in [1.54, 1.807) is 0 Å². The summed E-state index contributed by atoms with van der Waals surface area (Å²) in [4.78, 5) is 14.7. The number of carbonyl (C=O) groups is 1. The van der Waals surface area contributed by atoms with Gasteiger partial charge in [-0.3, -0.25) is 0 Å². The highest BCUT2D eigenvalue weighted by atomic mass is 16.6. The van der Waals surface area contributed by atoms with E-state index in [-0.39, 0.29) is 12.1 Å².